The summed E-state index contributed by atoms with van der Waals surface area (Å²) in [6, 6.07) is 4.36. The predicted molar refractivity (Wildman–Crippen MR) is 65.2 cm³/mol. The lowest BCUT2D eigenvalue weighted by molar-refractivity contribution is 0.0896. The smallest absolute Gasteiger partial charge is 0.255 e. The van der Waals surface area contributed by atoms with Gasteiger partial charge in [-0.1, -0.05) is 6.07 Å². The lowest BCUT2D eigenvalue weighted by Crippen LogP contribution is -2.33. The van der Waals surface area contributed by atoms with E-state index in [0.717, 1.165) is 12.8 Å². The van der Waals surface area contributed by atoms with Crippen LogP contribution < -0.4 is 5.32 Å². The van der Waals surface area contributed by atoms with Gasteiger partial charge in [-0.2, -0.15) is 0 Å². The second kappa shape index (κ2) is 5.14. The topological polar surface area (TPSA) is 49.3 Å². The van der Waals surface area contributed by atoms with Gasteiger partial charge in [0.1, 0.15) is 5.82 Å². The number of amides is 1. The summed E-state index contributed by atoms with van der Waals surface area (Å²) < 4.78 is 13.9. The molecule has 3 nitrogen and oxygen atoms in total. The third-order valence-electron chi connectivity index (χ3n) is 2.83. The van der Waals surface area contributed by atoms with Crippen LogP contribution in [0.2, 0.25) is 0 Å². The Morgan fingerprint density at radius 2 is 2.29 bits per heavy atom. The van der Waals surface area contributed by atoms with Crippen molar-refractivity contribution >= 4 is 21.8 Å². The number of hydrogen-bond donors (Lipinski definition) is 2. The summed E-state index contributed by atoms with van der Waals surface area (Å²) in [4.78, 5) is 11.7. The summed E-state index contributed by atoms with van der Waals surface area (Å²) in [6.45, 7) is 0.171. The lowest BCUT2D eigenvalue weighted by atomic mass is 10.2. The molecule has 5 heteroatoms. The highest BCUT2D eigenvalue weighted by atomic mass is 79.9. The van der Waals surface area contributed by atoms with Gasteiger partial charge in [0, 0.05) is 11.0 Å². The van der Waals surface area contributed by atoms with E-state index in [1.807, 2.05) is 0 Å². The second-order valence-corrected chi connectivity index (χ2v) is 5.07. The van der Waals surface area contributed by atoms with Gasteiger partial charge >= 0.3 is 0 Å². The Hall–Kier alpha value is -0.940. The summed E-state index contributed by atoms with van der Waals surface area (Å²) in [6.07, 6.45) is 1.48. The molecule has 1 aromatic rings. The number of aliphatic hydroxyl groups is 1. The SMILES string of the molecule is O=C(NCC(O)C1CC1)c1c(F)cccc1Br. The van der Waals surface area contributed by atoms with Crippen molar-refractivity contribution in [2.75, 3.05) is 6.54 Å². The highest BCUT2D eigenvalue weighted by Gasteiger charge is 2.30. The third-order valence-corrected chi connectivity index (χ3v) is 3.49. The summed E-state index contributed by atoms with van der Waals surface area (Å²) in [5.41, 5.74) is -0.0181. The number of nitrogens with one attached hydrogen (secondary N) is 1. The predicted octanol–water partition coefficient (Wildman–Crippen LogP) is 2.09. The number of halogens is 2. The molecule has 1 atom stereocenters. The molecule has 0 spiro atoms. The molecule has 1 amide bonds. The lowest BCUT2D eigenvalue weighted by Gasteiger charge is -2.11. The average Bonchev–Trinajstić information content (AvgIpc) is 3.09. The molecule has 0 saturated heterocycles. The van der Waals surface area contributed by atoms with Crippen molar-refractivity contribution in [2.24, 2.45) is 5.92 Å². The van der Waals surface area contributed by atoms with Gasteiger partial charge in [-0.15, -0.1) is 0 Å². The molecule has 0 aromatic heterocycles. The van der Waals surface area contributed by atoms with Crippen LogP contribution in [-0.2, 0) is 0 Å². The molecule has 1 aliphatic rings. The van der Waals surface area contributed by atoms with Gasteiger partial charge in [0.05, 0.1) is 11.7 Å². The van der Waals surface area contributed by atoms with E-state index in [1.165, 1.54) is 12.1 Å². The highest BCUT2D eigenvalue weighted by Crippen LogP contribution is 2.32. The van der Waals surface area contributed by atoms with Crippen LogP contribution in [-0.4, -0.2) is 23.7 Å². The third kappa shape index (κ3) is 3.04. The number of carbonyl (C=O) groups is 1. The Balaban J connectivity index is 1.99. The molecule has 2 N–H and O–H groups in total. The van der Waals surface area contributed by atoms with Gasteiger partial charge < -0.3 is 10.4 Å². The van der Waals surface area contributed by atoms with Crippen LogP contribution in [0, 0.1) is 11.7 Å². The number of hydrogen-bond acceptors (Lipinski definition) is 2. The molecule has 0 heterocycles. The molecule has 1 unspecified atom stereocenters. The minimum atomic E-state index is -0.571. The van der Waals surface area contributed by atoms with Crippen molar-refractivity contribution in [3.8, 4) is 0 Å². The molecule has 2 rings (SSSR count). The standard InChI is InChI=1S/C12H13BrFNO2/c13-8-2-1-3-9(14)11(8)12(17)15-6-10(16)7-4-5-7/h1-3,7,10,16H,4-6H2,(H,15,17). The second-order valence-electron chi connectivity index (χ2n) is 4.21. The molecule has 0 bridgehead atoms. The van der Waals surface area contributed by atoms with Crippen LogP contribution in [0.3, 0.4) is 0 Å². The first kappa shape index (κ1) is 12.5. The van der Waals surface area contributed by atoms with Crippen LogP contribution in [0.5, 0.6) is 0 Å². The van der Waals surface area contributed by atoms with Crippen LogP contribution in [0.1, 0.15) is 23.2 Å². The largest absolute Gasteiger partial charge is 0.391 e. The van der Waals surface area contributed by atoms with Gasteiger partial charge in [-0.05, 0) is 46.8 Å². The van der Waals surface area contributed by atoms with E-state index in [4.69, 9.17) is 0 Å². The number of benzene rings is 1. The van der Waals surface area contributed by atoms with Crippen molar-refractivity contribution in [3.05, 3.63) is 34.1 Å². The minimum absolute atomic E-state index is 0.0181. The zero-order valence-corrected chi connectivity index (χ0v) is 10.7. The molecule has 0 aliphatic heterocycles. The summed E-state index contributed by atoms with van der Waals surface area (Å²) in [5.74, 6) is -0.785. The fourth-order valence-electron chi connectivity index (χ4n) is 1.65. The average molecular weight is 302 g/mol. The van der Waals surface area contributed by atoms with Crippen molar-refractivity contribution < 1.29 is 14.3 Å². The molecule has 1 aromatic carbocycles. The first-order valence-corrected chi connectivity index (χ1v) is 6.29. The van der Waals surface area contributed by atoms with Gasteiger partial charge in [0.25, 0.3) is 5.91 Å². The first-order chi connectivity index (χ1) is 8.09. The van der Waals surface area contributed by atoms with Crippen molar-refractivity contribution in [1.29, 1.82) is 0 Å². The molecule has 17 heavy (non-hydrogen) atoms. The summed E-state index contributed by atoms with van der Waals surface area (Å²) in [5, 5.41) is 12.1. The van der Waals surface area contributed by atoms with E-state index in [1.54, 1.807) is 6.07 Å². The van der Waals surface area contributed by atoms with E-state index < -0.39 is 17.8 Å². The number of aliphatic hydroxyl groups excluding tert-OH is 1. The maximum absolute atomic E-state index is 13.4. The Morgan fingerprint density at radius 3 is 2.88 bits per heavy atom. The van der Waals surface area contributed by atoms with E-state index in [0.29, 0.717) is 10.4 Å². The van der Waals surface area contributed by atoms with Crippen molar-refractivity contribution in [2.45, 2.75) is 18.9 Å². The quantitative estimate of drug-likeness (QED) is 0.895. The molecule has 1 saturated carbocycles. The summed E-state index contributed by atoms with van der Waals surface area (Å²) >= 11 is 3.13. The Bertz CT molecular complexity index is 414. The van der Waals surface area contributed by atoms with Crippen molar-refractivity contribution in [3.63, 3.8) is 0 Å². The maximum Gasteiger partial charge on any atom is 0.255 e. The molecular weight excluding hydrogens is 289 g/mol. The van der Waals surface area contributed by atoms with Crippen LogP contribution in [0.15, 0.2) is 22.7 Å². The zero-order valence-electron chi connectivity index (χ0n) is 9.12. The normalized spacial score (nSPS) is 16.6. The zero-order chi connectivity index (χ0) is 12.4. The molecular formula is C12H13BrFNO2. The summed E-state index contributed by atoms with van der Waals surface area (Å²) in [7, 11) is 0. The molecule has 1 aliphatic carbocycles. The van der Waals surface area contributed by atoms with Gasteiger partial charge in [-0.25, -0.2) is 4.39 Å². The first-order valence-electron chi connectivity index (χ1n) is 5.50. The van der Waals surface area contributed by atoms with Gasteiger partial charge in [0.2, 0.25) is 0 Å². The molecule has 0 radical (unpaired) electrons. The molecule has 1 fully saturated rings. The Kier molecular flexibility index (Phi) is 3.79. The maximum atomic E-state index is 13.4. The monoisotopic (exact) mass is 301 g/mol. The van der Waals surface area contributed by atoms with Gasteiger partial charge in [0.15, 0.2) is 0 Å². The fourth-order valence-corrected chi connectivity index (χ4v) is 2.17. The van der Waals surface area contributed by atoms with E-state index in [2.05, 4.69) is 21.2 Å². The highest BCUT2D eigenvalue weighted by molar-refractivity contribution is 9.10. The molecule has 92 valence electrons. The van der Waals surface area contributed by atoms with E-state index in [-0.39, 0.29) is 12.1 Å². The van der Waals surface area contributed by atoms with Crippen LogP contribution in [0.4, 0.5) is 4.39 Å². The Labute approximate surface area is 107 Å². The van der Waals surface area contributed by atoms with E-state index >= 15 is 0 Å². The van der Waals surface area contributed by atoms with Crippen molar-refractivity contribution in [1.82, 2.24) is 5.32 Å². The van der Waals surface area contributed by atoms with Crippen LogP contribution >= 0.6 is 15.9 Å². The number of carbonyl (C=O) groups excluding carboxylic acids is 1. The van der Waals surface area contributed by atoms with Crippen LogP contribution in [0.25, 0.3) is 0 Å². The number of rotatable bonds is 4. The van der Waals surface area contributed by atoms with E-state index in [9.17, 15) is 14.3 Å². The minimum Gasteiger partial charge on any atom is -0.391 e. The van der Waals surface area contributed by atoms with Gasteiger partial charge in [-0.3, -0.25) is 4.79 Å². The Morgan fingerprint density at radius 1 is 1.59 bits per heavy atom. The fraction of sp³-hybridized carbons (Fsp3) is 0.417.